The number of furan rings is 1. The average Bonchev–Trinajstić information content (AvgIpc) is 3.44. The maximum atomic E-state index is 12.5. The van der Waals surface area contributed by atoms with Gasteiger partial charge >= 0.3 is 0 Å². The van der Waals surface area contributed by atoms with Crippen LogP contribution in [0, 0.1) is 0 Å². The number of nitrogens with one attached hydrogen (secondary N) is 1. The molecular weight excluding hydrogens is 398 g/mol. The van der Waals surface area contributed by atoms with Gasteiger partial charge in [-0.3, -0.25) is 14.3 Å². The molecule has 2 aromatic heterocycles. The predicted octanol–water partition coefficient (Wildman–Crippen LogP) is 3.43. The van der Waals surface area contributed by atoms with E-state index < -0.39 is 0 Å². The molecule has 1 fully saturated rings. The third kappa shape index (κ3) is 5.12. The highest BCUT2D eigenvalue weighted by atomic mass is 32.2. The van der Waals surface area contributed by atoms with E-state index in [1.165, 1.54) is 17.3 Å². The van der Waals surface area contributed by atoms with Crippen LogP contribution in [0.25, 0.3) is 11.6 Å². The van der Waals surface area contributed by atoms with Gasteiger partial charge in [0.15, 0.2) is 16.7 Å². The quantitative estimate of drug-likeness (QED) is 0.557. The highest BCUT2D eigenvalue weighted by molar-refractivity contribution is 7.99. The molecule has 3 heterocycles. The minimum atomic E-state index is 0.0479. The van der Waals surface area contributed by atoms with E-state index in [1.54, 1.807) is 6.26 Å². The molecule has 1 saturated heterocycles. The molecule has 0 unspecified atom stereocenters. The minimum absolute atomic E-state index is 0.0479. The molecule has 4 rings (SSSR count). The minimum Gasteiger partial charge on any atom is -0.461 e. The zero-order valence-electron chi connectivity index (χ0n) is 17.2. The fourth-order valence-corrected chi connectivity index (χ4v) is 4.56. The van der Waals surface area contributed by atoms with E-state index in [0.29, 0.717) is 23.9 Å². The molecule has 1 aliphatic heterocycles. The van der Waals surface area contributed by atoms with Crippen LogP contribution >= 0.6 is 11.8 Å². The molecule has 3 aromatic rings. The molecule has 1 aromatic carbocycles. The number of carbonyl (C=O) groups is 1. The molecule has 1 amide bonds. The first kappa shape index (κ1) is 20.7. The molecule has 0 radical (unpaired) electrons. The van der Waals surface area contributed by atoms with Crippen LogP contribution < -0.4 is 5.32 Å². The molecule has 0 atom stereocenters. The van der Waals surface area contributed by atoms with E-state index in [2.05, 4.69) is 44.7 Å². The number of hydrogen-bond donors (Lipinski definition) is 1. The van der Waals surface area contributed by atoms with Gasteiger partial charge < -0.3 is 9.73 Å². The predicted molar refractivity (Wildman–Crippen MR) is 117 cm³/mol. The normalized spacial score (nSPS) is 15.4. The van der Waals surface area contributed by atoms with Gasteiger partial charge in [-0.1, -0.05) is 42.1 Å². The third-order valence-electron chi connectivity index (χ3n) is 5.31. The Labute approximate surface area is 180 Å². The summed E-state index contributed by atoms with van der Waals surface area (Å²) < 4.78 is 7.40. The molecule has 158 valence electrons. The summed E-state index contributed by atoms with van der Waals surface area (Å²) in [6, 6.07) is 14.5. The average molecular weight is 426 g/mol. The number of piperidine rings is 1. The van der Waals surface area contributed by atoms with Gasteiger partial charge in [0.25, 0.3) is 0 Å². The molecule has 8 heteroatoms. The summed E-state index contributed by atoms with van der Waals surface area (Å²) in [6.07, 6.45) is 3.59. The van der Waals surface area contributed by atoms with Crippen LogP contribution in [0.15, 0.2) is 58.3 Å². The Hall–Kier alpha value is -2.58. The van der Waals surface area contributed by atoms with Gasteiger partial charge in [-0.2, -0.15) is 0 Å². The number of nitrogens with zero attached hydrogens (tertiary/aromatic N) is 4. The lowest BCUT2D eigenvalue weighted by Gasteiger charge is -2.32. The molecule has 0 bridgehead atoms. The number of amides is 1. The maximum absolute atomic E-state index is 12.5. The van der Waals surface area contributed by atoms with E-state index in [-0.39, 0.29) is 11.9 Å². The van der Waals surface area contributed by atoms with Crippen LogP contribution in [0.5, 0.6) is 0 Å². The van der Waals surface area contributed by atoms with Crippen molar-refractivity contribution in [1.82, 2.24) is 25.0 Å². The van der Waals surface area contributed by atoms with Crippen LogP contribution in [0.2, 0.25) is 0 Å². The summed E-state index contributed by atoms with van der Waals surface area (Å²) in [5.74, 6) is 1.76. The van der Waals surface area contributed by atoms with Crippen molar-refractivity contribution in [3.05, 3.63) is 54.3 Å². The topological polar surface area (TPSA) is 76.2 Å². The summed E-state index contributed by atoms with van der Waals surface area (Å²) in [5, 5.41) is 12.4. The van der Waals surface area contributed by atoms with Crippen molar-refractivity contribution < 1.29 is 9.21 Å². The summed E-state index contributed by atoms with van der Waals surface area (Å²) in [5.41, 5.74) is 1.34. The Balaban J connectivity index is 1.23. The molecule has 1 aliphatic rings. The molecule has 1 N–H and O–H groups in total. The van der Waals surface area contributed by atoms with Crippen molar-refractivity contribution in [2.24, 2.45) is 0 Å². The van der Waals surface area contributed by atoms with Crippen LogP contribution in [-0.4, -0.2) is 50.5 Å². The van der Waals surface area contributed by atoms with Crippen molar-refractivity contribution in [2.75, 3.05) is 18.8 Å². The van der Waals surface area contributed by atoms with Gasteiger partial charge in [-0.15, -0.1) is 10.2 Å². The van der Waals surface area contributed by atoms with Gasteiger partial charge in [0.2, 0.25) is 5.91 Å². The largest absolute Gasteiger partial charge is 0.461 e. The summed E-state index contributed by atoms with van der Waals surface area (Å²) in [6.45, 7) is 5.73. The zero-order valence-corrected chi connectivity index (χ0v) is 18.0. The van der Waals surface area contributed by atoms with Crippen molar-refractivity contribution >= 4 is 17.7 Å². The smallest absolute Gasteiger partial charge is 0.230 e. The van der Waals surface area contributed by atoms with E-state index in [9.17, 15) is 4.79 Å². The zero-order chi connectivity index (χ0) is 20.8. The summed E-state index contributed by atoms with van der Waals surface area (Å²) in [7, 11) is 0. The van der Waals surface area contributed by atoms with E-state index in [4.69, 9.17) is 4.42 Å². The number of likely N-dealkylation sites (tertiary alicyclic amines) is 1. The van der Waals surface area contributed by atoms with Gasteiger partial charge in [-0.25, -0.2) is 0 Å². The van der Waals surface area contributed by atoms with Gasteiger partial charge in [0, 0.05) is 32.2 Å². The number of rotatable bonds is 8. The van der Waals surface area contributed by atoms with Crippen LogP contribution in [0.1, 0.15) is 25.3 Å². The van der Waals surface area contributed by atoms with Crippen LogP contribution in [-0.2, 0) is 17.9 Å². The summed E-state index contributed by atoms with van der Waals surface area (Å²) in [4.78, 5) is 14.9. The fourth-order valence-electron chi connectivity index (χ4n) is 3.75. The Morgan fingerprint density at radius 2 is 1.97 bits per heavy atom. The lowest BCUT2D eigenvalue weighted by molar-refractivity contribution is -0.119. The molecular formula is C22H27N5O2S. The maximum Gasteiger partial charge on any atom is 0.230 e. The third-order valence-corrected chi connectivity index (χ3v) is 6.28. The lowest BCUT2D eigenvalue weighted by Crippen LogP contribution is -2.44. The highest BCUT2D eigenvalue weighted by Gasteiger charge is 2.21. The van der Waals surface area contributed by atoms with Crippen molar-refractivity contribution in [1.29, 1.82) is 0 Å². The second kappa shape index (κ2) is 9.95. The highest BCUT2D eigenvalue weighted by Crippen LogP contribution is 2.24. The van der Waals surface area contributed by atoms with Crippen LogP contribution in [0.4, 0.5) is 0 Å². The first-order valence-corrected chi connectivity index (χ1v) is 11.4. The number of benzene rings is 1. The number of carbonyl (C=O) groups excluding carboxylic acids is 1. The second-order valence-corrected chi connectivity index (χ2v) is 8.36. The van der Waals surface area contributed by atoms with Crippen molar-refractivity contribution in [3.8, 4) is 11.6 Å². The fraction of sp³-hybridized carbons (Fsp3) is 0.409. The Bertz CT molecular complexity index is 934. The van der Waals surface area contributed by atoms with Crippen LogP contribution in [0.3, 0.4) is 0 Å². The molecule has 7 nitrogen and oxygen atoms in total. The SMILES string of the molecule is CCn1c(SCC(=O)NC2CCN(Cc3ccccc3)CC2)nnc1-c1ccco1. The van der Waals surface area contributed by atoms with Gasteiger partial charge in [-0.05, 0) is 37.5 Å². The van der Waals surface area contributed by atoms with Crippen molar-refractivity contribution in [2.45, 2.75) is 44.1 Å². The number of aromatic nitrogens is 3. The molecule has 30 heavy (non-hydrogen) atoms. The van der Waals surface area contributed by atoms with E-state index in [1.807, 2.05) is 29.7 Å². The number of hydrogen-bond acceptors (Lipinski definition) is 6. The van der Waals surface area contributed by atoms with E-state index >= 15 is 0 Å². The Morgan fingerprint density at radius 1 is 1.17 bits per heavy atom. The second-order valence-electron chi connectivity index (χ2n) is 7.42. The molecule has 0 spiro atoms. The Kier molecular flexibility index (Phi) is 6.86. The van der Waals surface area contributed by atoms with Crippen molar-refractivity contribution in [3.63, 3.8) is 0 Å². The summed E-state index contributed by atoms with van der Waals surface area (Å²) >= 11 is 1.41. The lowest BCUT2D eigenvalue weighted by atomic mass is 10.0. The first-order chi connectivity index (χ1) is 14.7. The Morgan fingerprint density at radius 3 is 2.67 bits per heavy atom. The van der Waals surface area contributed by atoms with Gasteiger partial charge in [0.05, 0.1) is 12.0 Å². The molecule has 0 saturated carbocycles. The first-order valence-electron chi connectivity index (χ1n) is 10.4. The standard InChI is InChI=1S/C22H27N5O2S/c1-2-27-21(19-9-6-14-29-19)24-25-22(27)30-16-20(28)23-18-10-12-26(13-11-18)15-17-7-4-3-5-8-17/h3-9,14,18H,2,10-13,15-16H2,1H3,(H,23,28). The monoisotopic (exact) mass is 425 g/mol. The van der Waals surface area contributed by atoms with E-state index in [0.717, 1.165) is 37.6 Å². The number of thioether (sulfide) groups is 1. The van der Waals surface area contributed by atoms with Gasteiger partial charge in [0.1, 0.15) is 0 Å². The molecule has 0 aliphatic carbocycles.